The zero-order valence-electron chi connectivity index (χ0n) is 11.4. The molecule has 18 heavy (non-hydrogen) atoms. The van der Waals surface area contributed by atoms with Gasteiger partial charge in [0.2, 0.25) is 0 Å². The first-order valence-electron chi connectivity index (χ1n) is 6.08. The zero-order chi connectivity index (χ0) is 10.8. The van der Waals surface area contributed by atoms with Crippen molar-refractivity contribution in [3.63, 3.8) is 0 Å². The van der Waals surface area contributed by atoms with E-state index >= 15 is 0 Å². The molecule has 0 unspecified atom stereocenters. The fourth-order valence-electron chi connectivity index (χ4n) is 2.97. The van der Waals surface area contributed by atoms with E-state index in [0.29, 0.717) is 0 Å². The topological polar surface area (TPSA) is 28.2 Å². The molecule has 2 heterocycles. The third-order valence-corrected chi connectivity index (χ3v) is 3.80. The first-order chi connectivity index (χ1) is 7.92. The van der Waals surface area contributed by atoms with Crippen LogP contribution in [0.5, 0.6) is 0 Å². The maximum atomic E-state index is 4.53. The van der Waals surface area contributed by atoms with Crippen LogP contribution in [-0.4, -0.2) is 0 Å². The average molecular weight is 290 g/mol. The van der Waals surface area contributed by atoms with Gasteiger partial charge >= 0.3 is 103 Å². The molecule has 1 aliphatic carbocycles. The fourth-order valence-corrected chi connectivity index (χ4v) is 2.97. The summed E-state index contributed by atoms with van der Waals surface area (Å²) in [5.74, 6) is 0. The Morgan fingerprint density at radius 2 is 1.28 bits per heavy atom. The molecule has 4 heteroatoms. The van der Waals surface area contributed by atoms with Gasteiger partial charge in [0.05, 0.1) is 0 Å². The van der Waals surface area contributed by atoms with Crippen molar-refractivity contribution in [3.8, 4) is 0 Å². The van der Waals surface area contributed by atoms with Crippen LogP contribution >= 0.6 is 0 Å². The second kappa shape index (κ2) is 8.32. The zero-order valence-corrected chi connectivity index (χ0v) is 17.6. The van der Waals surface area contributed by atoms with E-state index in [1.54, 1.807) is 0 Å². The van der Waals surface area contributed by atoms with Crippen LogP contribution in [0.1, 0.15) is 43.5 Å². The van der Waals surface area contributed by atoms with Gasteiger partial charge in [-0.15, -0.1) is 0 Å². The predicted molar refractivity (Wildman–Crippen MR) is 63.4 cm³/mol. The Morgan fingerprint density at radius 1 is 0.778 bits per heavy atom. The Labute approximate surface area is 194 Å². The molecule has 3 rings (SSSR count). The third-order valence-electron chi connectivity index (χ3n) is 3.80. The molecule has 0 amide bonds. The first-order valence-corrected chi connectivity index (χ1v) is 6.08. The molecule has 2 aromatic heterocycles. The Morgan fingerprint density at radius 3 is 1.67 bits per heavy atom. The van der Waals surface area contributed by atoms with Gasteiger partial charge < -0.3 is 9.97 Å². The van der Waals surface area contributed by atoms with Crippen LogP contribution in [0.4, 0.5) is 0 Å². The predicted octanol–water partition coefficient (Wildman–Crippen LogP) is -3.14. The van der Waals surface area contributed by atoms with Crippen molar-refractivity contribution in [2.24, 2.45) is 0 Å². The maximum absolute atomic E-state index is 4.53. The van der Waals surface area contributed by atoms with E-state index in [1.807, 2.05) is 24.5 Å². The van der Waals surface area contributed by atoms with E-state index in [2.05, 4.69) is 22.1 Å². The molecule has 0 radical (unpaired) electrons. The van der Waals surface area contributed by atoms with Gasteiger partial charge in [0, 0.05) is 0 Å². The summed E-state index contributed by atoms with van der Waals surface area (Å²) in [6.45, 7) is 0. The Kier molecular flexibility index (Phi) is 8.26. The summed E-state index contributed by atoms with van der Waals surface area (Å²) >= 11 is 0. The summed E-state index contributed by atoms with van der Waals surface area (Å²) in [5.41, 5.74) is 2.53. The number of hydrogen-bond donors (Lipinski definition) is 0. The molecule has 1 aliphatic rings. The van der Waals surface area contributed by atoms with Crippen LogP contribution in [0.2, 0.25) is 0 Å². The van der Waals surface area contributed by atoms with Gasteiger partial charge in [-0.25, -0.2) is 0 Å². The molecule has 0 bridgehead atoms. The van der Waals surface area contributed by atoms with Crippen molar-refractivity contribution >= 4 is 0 Å². The molecular weight excluding hydrogens is 274 g/mol. The van der Waals surface area contributed by atoms with Crippen LogP contribution in [0.25, 0.3) is 0 Å². The monoisotopic (exact) mass is 290 g/mol. The largest absolute Gasteiger partial charge is 1.00 e. The van der Waals surface area contributed by atoms with E-state index in [0.717, 1.165) is 0 Å². The normalized spacial score (nSPS) is 17.6. The molecule has 84 valence electrons. The Bertz CT molecular complexity index is 392. The van der Waals surface area contributed by atoms with Gasteiger partial charge in [0.1, 0.15) is 0 Å². The molecule has 0 atom stereocenters. The molecule has 0 spiro atoms. The van der Waals surface area contributed by atoms with Gasteiger partial charge in [-0.3, -0.25) is 0 Å². The smallest absolute Gasteiger partial charge is 0.667 e. The SMILES string of the molecule is [K+].[K+].c1c[n-]c(C2(c3ccc[n-]3)CCCCC2)c1. The minimum Gasteiger partial charge on any atom is -0.667 e. The molecule has 1 fully saturated rings. The van der Waals surface area contributed by atoms with Crippen LogP contribution in [0.3, 0.4) is 0 Å². The third kappa shape index (κ3) is 3.53. The molecular formula is C14H16K2N2. The number of rotatable bonds is 2. The molecule has 2 aromatic rings. The van der Waals surface area contributed by atoms with Gasteiger partial charge in [-0.1, -0.05) is 43.5 Å². The average Bonchev–Trinajstić information content (AvgIpc) is 3.04. The summed E-state index contributed by atoms with van der Waals surface area (Å²) in [6, 6.07) is 8.38. The van der Waals surface area contributed by atoms with Crippen molar-refractivity contribution in [1.82, 2.24) is 9.97 Å². The number of hydrogen-bond acceptors (Lipinski definition) is 0. The van der Waals surface area contributed by atoms with Crippen molar-refractivity contribution < 1.29 is 103 Å². The minimum atomic E-state index is 0. The van der Waals surface area contributed by atoms with E-state index in [-0.39, 0.29) is 108 Å². The standard InChI is InChI=1S/C14H16N2.2K/c1-2-8-14(9-3-1,12-6-4-10-15-12)13-7-5-11-16-13;;/h4-7,10-11H,1-3,8-9H2;;/q-2;2*+1. The van der Waals surface area contributed by atoms with E-state index in [9.17, 15) is 0 Å². The first kappa shape index (κ1) is 17.9. The molecule has 2 nitrogen and oxygen atoms in total. The minimum absolute atomic E-state index is 0. The van der Waals surface area contributed by atoms with Crippen LogP contribution in [-0.2, 0) is 5.41 Å². The molecule has 0 N–H and O–H groups in total. The number of aromatic nitrogens is 2. The molecule has 0 saturated heterocycles. The second-order valence-electron chi connectivity index (χ2n) is 4.69. The van der Waals surface area contributed by atoms with E-state index in [4.69, 9.17) is 0 Å². The number of nitrogens with zero attached hydrogens (tertiary/aromatic N) is 2. The van der Waals surface area contributed by atoms with Crippen LogP contribution in [0, 0.1) is 0 Å². The van der Waals surface area contributed by atoms with Crippen molar-refractivity contribution in [3.05, 3.63) is 48.0 Å². The summed E-state index contributed by atoms with van der Waals surface area (Å²) < 4.78 is 0. The Balaban J connectivity index is 0.000000810. The second-order valence-corrected chi connectivity index (χ2v) is 4.69. The van der Waals surface area contributed by atoms with Gasteiger partial charge in [-0.2, -0.15) is 23.8 Å². The van der Waals surface area contributed by atoms with Gasteiger partial charge in [0.15, 0.2) is 0 Å². The summed E-state index contributed by atoms with van der Waals surface area (Å²) in [4.78, 5) is 9.06. The van der Waals surface area contributed by atoms with Gasteiger partial charge in [0.25, 0.3) is 0 Å². The Hall–Kier alpha value is 1.83. The molecule has 1 saturated carbocycles. The van der Waals surface area contributed by atoms with Crippen molar-refractivity contribution in [2.45, 2.75) is 37.5 Å². The van der Waals surface area contributed by atoms with Crippen molar-refractivity contribution in [1.29, 1.82) is 0 Å². The maximum Gasteiger partial charge on any atom is 1.00 e. The molecule has 0 aliphatic heterocycles. The van der Waals surface area contributed by atoms with Crippen LogP contribution < -0.4 is 113 Å². The fraction of sp³-hybridized carbons (Fsp3) is 0.429. The van der Waals surface area contributed by atoms with Gasteiger partial charge in [-0.05, 0) is 18.3 Å². The van der Waals surface area contributed by atoms with Crippen LogP contribution in [0.15, 0.2) is 36.7 Å². The van der Waals surface area contributed by atoms with E-state index < -0.39 is 0 Å². The van der Waals surface area contributed by atoms with E-state index in [1.165, 1.54) is 43.5 Å². The summed E-state index contributed by atoms with van der Waals surface area (Å²) in [6.07, 6.45) is 10.1. The van der Waals surface area contributed by atoms with Crippen molar-refractivity contribution in [2.75, 3.05) is 0 Å². The summed E-state index contributed by atoms with van der Waals surface area (Å²) in [7, 11) is 0. The summed E-state index contributed by atoms with van der Waals surface area (Å²) in [5, 5.41) is 0. The molecule has 0 aromatic carbocycles. The quantitative estimate of drug-likeness (QED) is 0.547.